The Kier molecular flexibility index (Phi) is 4.87. The van der Waals surface area contributed by atoms with Gasteiger partial charge in [-0.05, 0) is 31.5 Å². The van der Waals surface area contributed by atoms with Gasteiger partial charge in [0.1, 0.15) is 0 Å². The van der Waals surface area contributed by atoms with Crippen molar-refractivity contribution < 1.29 is 23.8 Å². The van der Waals surface area contributed by atoms with E-state index in [-0.39, 0.29) is 11.3 Å². The minimum absolute atomic E-state index is 0.00633. The lowest BCUT2D eigenvalue weighted by molar-refractivity contribution is -0.139. The molecule has 0 bridgehead atoms. The van der Waals surface area contributed by atoms with E-state index in [4.69, 9.17) is 4.74 Å². The molecule has 128 valence electrons. The summed E-state index contributed by atoms with van der Waals surface area (Å²) in [6.07, 6.45) is 0. The molecule has 0 spiro atoms. The summed E-state index contributed by atoms with van der Waals surface area (Å²) in [5.74, 6) is -2.59. The van der Waals surface area contributed by atoms with E-state index in [1.54, 1.807) is 20.9 Å². The largest absolute Gasteiger partial charge is 0.494 e. The molecule has 0 radical (unpaired) electrons. The molecule has 0 saturated carbocycles. The number of hydrogen-bond donors (Lipinski definition) is 2. The molecule has 2 aromatic rings. The quantitative estimate of drug-likeness (QED) is 0.868. The van der Waals surface area contributed by atoms with Crippen LogP contribution in [0.4, 0.5) is 4.39 Å². The van der Waals surface area contributed by atoms with E-state index in [0.29, 0.717) is 17.0 Å². The van der Waals surface area contributed by atoms with E-state index in [2.05, 4.69) is 10.4 Å². The molecule has 0 saturated heterocycles. The highest BCUT2D eigenvalue weighted by atomic mass is 19.1. The summed E-state index contributed by atoms with van der Waals surface area (Å²) >= 11 is 0. The molecule has 1 aromatic carbocycles. The van der Waals surface area contributed by atoms with E-state index >= 15 is 0 Å². The van der Waals surface area contributed by atoms with Gasteiger partial charge >= 0.3 is 5.97 Å². The third-order valence-corrected chi connectivity index (χ3v) is 3.77. The van der Waals surface area contributed by atoms with Crippen LogP contribution in [0.25, 0.3) is 0 Å². The van der Waals surface area contributed by atoms with Gasteiger partial charge < -0.3 is 15.2 Å². The second-order valence-corrected chi connectivity index (χ2v) is 5.31. The maximum atomic E-state index is 13.8. The Hall–Kier alpha value is -2.90. The van der Waals surface area contributed by atoms with Crippen LogP contribution in [0.15, 0.2) is 18.2 Å². The molecule has 2 rings (SSSR count). The molecular weight excluding hydrogens is 317 g/mol. The van der Waals surface area contributed by atoms with Crippen molar-refractivity contribution in [2.24, 2.45) is 7.05 Å². The van der Waals surface area contributed by atoms with Crippen molar-refractivity contribution in [2.75, 3.05) is 7.11 Å². The van der Waals surface area contributed by atoms with E-state index in [1.165, 1.54) is 23.9 Å². The lowest BCUT2D eigenvalue weighted by Gasteiger charge is -2.16. The van der Waals surface area contributed by atoms with Crippen LogP contribution in [-0.4, -0.2) is 33.9 Å². The molecule has 0 aliphatic rings. The van der Waals surface area contributed by atoms with Gasteiger partial charge in [0.05, 0.1) is 18.4 Å². The number of aromatic nitrogens is 2. The molecule has 7 nitrogen and oxygen atoms in total. The number of nitrogens with one attached hydrogen (secondary N) is 1. The number of ether oxygens (including phenoxy) is 1. The number of nitrogens with zero attached hydrogens (tertiary/aromatic N) is 2. The van der Waals surface area contributed by atoms with Crippen LogP contribution in [0, 0.1) is 19.7 Å². The van der Waals surface area contributed by atoms with Crippen molar-refractivity contribution >= 4 is 11.9 Å². The van der Waals surface area contributed by atoms with Gasteiger partial charge in [0.25, 0.3) is 5.91 Å². The zero-order chi connectivity index (χ0) is 18.0. The summed E-state index contributed by atoms with van der Waals surface area (Å²) in [6, 6.07) is 2.34. The Labute approximate surface area is 138 Å². The standard InChI is InChI=1S/C16H18FN3O4/c1-8-13(9(2)20(3)19-8)15(21)18-14(16(22)23)10-5-6-12(24-4)11(17)7-10/h5-7,14H,1-4H3,(H,18,21)(H,22,23). The summed E-state index contributed by atoms with van der Waals surface area (Å²) in [5, 5.41) is 15.9. The number of aliphatic carboxylic acids is 1. The number of hydrogen-bond acceptors (Lipinski definition) is 4. The number of carboxylic acids is 1. The monoisotopic (exact) mass is 335 g/mol. The summed E-state index contributed by atoms with van der Waals surface area (Å²) in [4.78, 5) is 24.0. The molecule has 0 fully saturated rings. The van der Waals surface area contributed by atoms with Crippen molar-refractivity contribution in [3.05, 3.63) is 46.5 Å². The summed E-state index contributed by atoms with van der Waals surface area (Å²) in [5.41, 5.74) is 1.50. The molecule has 1 aromatic heterocycles. The van der Waals surface area contributed by atoms with Crippen LogP contribution in [-0.2, 0) is 11.8 Å². The maximum absolute atomic E-state index is 13.8. The third-order valence-electron chi connectivity index (χ3n) is 3.77. The molecular formula is C16H18FN3O4. The number of amides is 1. The minimum Gasteiger partial charge on any atom is -0.494 e. The van der Waals surface area contributed by atoms with Crippen molar-refractivity contribution in [1.29, 1.82) is 0 Å². The van der Waals surface area contributed by atoms with Crippen molar-refractivity contribution in [2.45, 2.75) is 19.9 Å². The van der Waals surface area contributed by atoms with E-state index in [9.17, 15) is 19.1 Å². The predicted octanol–water partition coefficient (Wildman–Crippen LogP) is 1.74. The van der Waals surface area contributed by atoms with Gasteiger partial charge in [-0.15, -0.1) is 0 Å². The number of rotatable bonds is 5. The molecule has 1 unspecified atom stereocenters. The first kappa shape index (κ1) is 17.5. The highest BCUT2D eigenvalue weighted by molar-refractivity contribution is 5.98. The van der Waals surface area contributed by atoms with Gasteiger partial charge in [-0.1, -0.05) is 6.07 Å². The average Bonchev–Trinajstić information content (AvgIpc) is 2.77. The van der Waals surface area contributed by atoms with Crippen LogP contribution >= 0.6 is 0 Å². The number of aryl methyl sites for hydroxylation is 2. The normalized spacial score (nSPS) is 11.9. The second kappa shape index (κ2) is 6.69. The molecule has 2 N–H and O–H groups in total. The fraction of sp³-hybridized carbons (Fsp3) is 0.312. The number of methoxy groups -OCH3 is 1. The highest BCUT2D eigenvalue weighted by Crippen LogP contribution is 2.23. The maximum Gasteiger partial charge on any atom is 0.330 e. The van der Waals surface area contributed by atoms with E-state index in [1.807, 2.05) is 0 Å². The van der Waals surface area contributed by atoms with Gasteiger partial charge in [0, 0.05) is 12.7 Å². The Morgan fingerprint density at radius 2 is 2.04 bits per heavy atom. The van der Waals surface area contributed by atoms with Crippen molar-refractivity contribution in [3.8, 4) is 5.75 Å². The first-order chi connectivity index (χ1) is 11.3. The number of carboxylic acid groups (broad SMARTS) is 1. The van der Waals surface area contributed by atoms with Crippen LogP contribution in [0.1, 0.15) is 33.4 Å². The molecule has 0 aliphatic carbocycles. The first-order valence-electron chi connectivity index (χ1n) is 7.13. The predicted molar refractivity (Wildman–Crippen MR) is 83.5 cm³/mol. The van der Waals surface area contributed by atoms with E-state index in [0.717, 1.165) is 6.07 Å². The van der Waals surface area contributed by atoms with Crippen molar-refractivity contribution in [1.82, 2.24) is 15.1 Å². The SMILES string of the molecule is COc1ccc(C(NC(=O)c2c(C)nn(C)c2C)C(=O)O)cc1F. The van der Waals surface area contributed by atoms with Gasteiger partial charge in [0.2, 0.25) is 0 Å². The third kappa shape index (κ3) is 3.22. The molecule has 0 aliphatic heterocycles. The zero-order valence-electron chi connectivity index (χ0n) is 13.8. The number of halogens is 1. The Morgan fingerprint density at radius 1 is 1.38 bits per heavy atom. The van der Waals surface area contributed by atoms with Crippen LogP contribution in [0.3, 0.4) is 0 Å². The zero-order valence-corrected chi connectivity index (χ0v) is 13.8. The summed E-state index contributed by atoms with van der Waals surface area (Å²) in [6.45, 7) is 3.36. The van der Waals surface area contributed by atoms with Crippen LogP contribution in [0.5, 0.6) is 5.75 Å². The second-order valence-electron chi connectivity index (χ2n) is 5.31. The van der Waals surface area contributed by atoms with Gasteiger partial charge in [0.15, 0.2) is 17.6 Å². The lowest BCUT2D eigenvalue weighted by atomic mass is 10.1. The van der Waals surface area contributed by atoms with Gasteiger partial charge in [-0.2, -0.15) is 5.10 Å². The number of carbonyl (C=O) groups is 2. The minimum atomic E-state index is -1.39. The van der Waals surface area contributed by atoms with Gasteiger partial charge in [-0.3, -0.25) is 9.48 Å². The first-order valence-corrected chi connectivity index (χ1v) is 7.13. The van der Waals surface area contributed by atoms with Gasteiger partial charge in [-0.25, -0.2) is 9.18 Å². The molecule has 1 heterocycles. The van der Waals surface area contributed by atoms with Crippen LogP contribution < -0.4 is 10.1 Å². The van der Waals surface area contributed by atoms with E-state index < -0.39 is 23.7 Å². The molecule has 1 amide bonds. The molecule has 1 atom stereocenters. The highest BCUT2D eigenvalue weighted by Gasteiger charge is 2.26. The Bertz CT molecular complexity index is 801. The smallest absolute Gasteiger partial charge is 0.330 e. The fourth-order valence-corrected chi connectivity index (χ4v) is 2.46. The number of benzene rings is 1. The summed E-state index contributed by atoms with van der Waals surface area (Å²) < 4.78 is 20.2. The summed E-state index contributed by atoms with van der Waals surface area (Å²) in [7, 11) is 3.00. The molecule has 8 heteroatoms. The van der Waals surface area contributed by atoms with Crippen molar-refractivity contribution in [3.63, 3.8) is 0 Å². The lowest BCUT2D eigenvalue weighted by Crippen LogP contribution is -2.34. The Morgan fingerprint density at radius 3 is 2.50 bits per heavy atom. The Balaban J connectivity index is 2.34. The topological polar surface area (TPSA) is 93.5 Å². The average molecular weight is 335 g/mol. The fourth-order valence-electron chi connectivity index (χ4n) is 2.46. The number of carbonyl (C=O) groups excluding carboxylic acids is 1. The van der Waals surface area contributed by atoms with Crippen LogP contribution in [0.2, 0.25) is 0 Å². The molecule has 24 heavy (non-hydrogen) atoms.